The van der Waals surface area contributed by atoms with E-state index < -0.39 is 10.0 Å². The molecule has 0 saturated carbocycles. The van der Waals surface area contributed by atoms with Crippen LogP contribution in [0.2, 0.25) is 0 Å². The van der Waals surface area contributed by atoms with Gasteiger partial charge in [-0.2, -0.15) is 0 Å². The summed E-state index contributed by atoms with van der Waals surface area (Å²) in [5.74, 6) is -0.527. The molecule has 1 unspecified atom stereocenters. The Kier molecular flexibility index (Phi) is 3.27. The van der Waals surface area contributed by atoms with Crippen molar-refractivity contribution in [2.75, 3.05) is 22.9 Å². The Hall–Kier alpha value is -1.60. The molecule has 7 heteroatoms. The molecule has 4 N–H and O–H groups in total. The summed E-state index contributed by atoms with van der Waals surface area (Å²) in [5, 5.41) is 4.99. The molecule has 1 fully saturated rings. The molecule has 0 radical (unpaired) electrons. The summed E-state index contributed by atoms with van der Waals surface area (Å²) in [6, 6.07) is 6.95. The van der Waals surface area contributed by atoms with E-state index in [1.54, 1.807) is 29.2 Å². The molecule has 1 aromatic rings. The second kappa shape index (κ2) is 4.58. The van der Waals surface area contributed by atoms with E-state index in [0.29, 0.717) is 17.9 Å². The lowest BCUT2D eigenvalue weighted by Crippen LogP contribution is -2.27. The predicted molar refractivity (Wildman–Crippen MR) is 69.3 cm³/mol. The molecule has 0 spiro atoms. The Labute approximate surface area is 106 Å². The summed E-state index contributed by atoms with van der Waals surface area (Å²) in [6.07, 6.45) is 0.200. The lowest BCUT2D eigenvalue weighted by atomic mass is 10.1. The number of nitrogens with zero attached hydrogens (tertiary/aromatic N) is 1. The van der Waals surface area contributed by atoms with E-state index >= 15 is 0 Å². The minimum absolute atomic E-state index is 0.103. The molecule has 1 aromatic carbocycles. The minimum Gasteiger partial charge on any atom is -0.399 e. The van der Waals surface area contributed by atoms with Gasteiger partial charge in [0, 0.05) is 30.3 Å². The molecule has 6 nitrogen and oxygen atoms in total. The Morgan fingerprint density at radius 3 is 2.72 bits per heavy atom. The van der Waals surface area contributed by atoms with Crippen LogP contribution in [0.25, 0.3) is 0 Å². The lowest BCUT2D eigenvalue weighted by Gasteiger charge is -2.16. The Balaban J connectivity index is 2.15. The number of anilines is 2. The smallest absolute Gasteiger partial charge is 0.227 e. The van der Waals surface area contributed by atoms with Crippen LogP contribution in [0.15, 0.2) is 24.3 Å². The van der Waals surface area contributed by atoms with Crippen molar-refractivity contribution in [2.45, 2.75) is 6.42 Å². The van der Waals surface area contributed by atoms with Gasteiger partial charge in [-0.15, -0.1) is 0 Å². The summed E-state index contributed by atoms with van der Waals surface area (Å²) in [5.41, 5.74) is 6.91. The van der Waals surface area contributed by atoms with Crippen LogP contribution in [0, 0.1) is 5.92 Å². The zero-order chi connectivity index (χ0) is 13.3. The molecular formula is C11H15N3O3S. The van der Waals surface area contributed by atoms with Gasteiger partial charge in [-0.1, -0.05) is 6.07 Å². The van der Waals surface area contributed by atoms with E-state index in [1.165, 1.54) is 0 Å². The number of nitrogens with two attached hydrogens (primary N) is 2. The summed E-state index contributed by atoms with van der Waals surface area (Å²) < 4.78 is 22.0. The molecule has 0 bridgehead atoms. The van der Waals surface area contributed by atoms with Gasteiger partial charge in [-0.05, 0) is 18.2 Å². The molecule has 18 heavy (non-hydrogen) atoms. The average molecular weight is 269 g/mol. The third kappa shape index (κ3) is 2.99. The van der Waals surface area contributed by atoms with E-state index in [0.717, 1.165) is 0 Å². The molecule has 0 aromatic heterocycles. The predicted octanol–water partition coefficient (Wildman–Crippen LogP) is -0.0898. The normalized spacial score (nSPS) is 20.4. The van der Waals surface area contributed by atoms with Gasteiger partial charge in [0.05, 0.1) is 5.75 Å². The molecule has 1 heterocycles. The van der Waals surface area contributed by atoms with Crippen molar-refractivity contribution >= 4 is 27.3 Å². The van der Waals surface area contributed by atoms with Gasteiger partial charge < -0.3 is 10.6 Å². The third-order valence-electron chi connectivity index (χ3n) is 2.86. The second-order valence-corrected chi connectivity index (χ2v) is 6.16. The molecule has 1 aliphatic heterocycles. The highest BCUT2D eigenvalue weighted by atomic mass is 32.2. The van der Waals surface area contributed by atoms with E-state index in [2.05, 4.69) is 0 Å². The van der Waals surface area contributed by atoms with Crippen LogP contribution < -0.4 is 15.8 Å². The van der Waals surface area contributed by atoms with Gasteiger partial charge in [0.1, 0.15) is 0 Å². The quantitative estimate of drug-likeness (QED) is 0.748. The maximum absolute atomic E-state index is 11.8. The van der Waals surface area contributed by atoms with E-state index in [1.807, 2.05) is 0 Å². The monoisotopic (exact) mass is 269 g/mol. The van der Waals surface area contributed by atoms with Gasteiger partial charge in [-0.3, -0.25) is 4.79 Å². The highest BCUT2D eigenvalue weighted by molar-refractivity contribution is 7.89. The van der Waals surface area contributed by atoms with Crippen LogP contribution in [0.5, 0.6) is 0 Å². The van der Waals surface area contributed by atoms with Crippen molar-refractivity contribution in [2.24, 2.45) is 11.1 Å². The molecule has 98 valence electrons. The van der Waals surface area contributed by atoms with Crippen LogP contribution >= 0.6 is 0 Å². The zero-order valence-corrected chi connectivity index (χ0v) is 10.6. The van der Waals surface area contributed by atoms with Crippen molar-refractivity contribution in [1.82, 2.24) is 0 Å². The molecule has 0 aliphatic carbocycles. The fourth-order valence-electron chi connectivity index (χ4n) is 2.16. The van der Waals surface area contributed by atoms with Crippen molar-refractivity contribution in [3.8, 4) is 0 Å². The van der Waals surface area contributed by atoms with E-state index in [4.69, 9.17) is 10.9 Å². The first kappa shape index (κ1) is 12.8. The van der Waals surface area contributed by atoms with Gasteiger partial charge in [0.25, 0.3) is 0 Å². The number of amides is 1. The number of sulfonamides is 1. The average Bonchev–Trinajstić information content (AvgIpc) is 2.56. The number of carbonyl (C=O) groups excluding carboxylic acids is 1. The van der Waals surface area contributed by atoms with Crippen LogP contribution in [0.1, 0.15) is 6.42 Å². The van der Waals surface area contributed by atoms with Crippen molar-refractivity contribution in [1.29, 1.82) is 0 Å². The molecule has 1 saturated heterocycles. The summed E-state index contributed by atoms with van der Waals surface area (Å²) >= 11 is 0. The van der Waals surface area contributed by atoms with Crippen molar-refractivity contribution < 1.29 is 13.2 Å². The first-order valence-electron chi connectivity index (χ1n) is 5.51. The van der Waals surface area contributed by atoms with Crippen LogP contribution in [-0.4, -0.2) is 26.6 Å². The molecule has 1 amide bonds. The fourth-order valence-corrected chi connectivity index (χ4v) is 3.04. The van der Waals surface area contributed by atoms with Gasteiger partial charge in [0.15, 0.2) is 0 Å². The number of carbonyl (C=O) groups is 1. The first-order valence-corrected chi connectivity index (χ1v) is 7.23. The fraction of sp³-hybridized carbons (Fsp3) is 0.364. The van der Waals surface area contributed by atoms with Crippen molar-refractivity contribution in [3.05, 3.63) is 24.3 Å². The van der Waals surface area contributed by atoms with Crippen molar-refractivity contribution in [3.63, 3.8) is 0 Å². The Bertz CT molecular complexity index is 571. The van der Waals surface area contributed by atoms with E-state index in [-0.39, 0.29) is 24.0 Å². The standard InChI is InChI=1S/C11H15N3O3S/c12-9-2-1-3-10(5-9)14-6-8(4-11(14)15)7-18(13,16)17/h1-3,5,8H,4,6-7,12H2,(H2,13,16,17). The van der Waals surface area contributed by atoms with E-state index in [9.17, 15) is 13.2 Å². The van der Waals surface area contributed by atoms with Gasteiger partial charge in [0.2, 0.25) is 15.9 Å². The lowest BCUT2D eigenvalue weighted by molar-refractivity contribution is -0.117. The number of hydrogen-bond acceptors (Lipinski definition) is 4. The summed E-state index contributed by atoms with van der Waals surface area (Å²) in [7, 11) is -3.55. The first-order chi connectivity index (χ1) is 8.35. The maximum Gasteiger partial charge on any atom is 0.227 e. The van der Waals surface area contributed by atoms with Crippen LogP contribution in [-0.2, 0) is 14.8 Å². The number of benzene rings is 1. The SMILES string of the molecule is Nc1cccc(N2CC(CS(N)(=O)=O)CC2=O)c1. The van der Waals surface area contributed by atoms with Crippen LogP contribution in [0.3, 0.4) is 0 Å². The van der Waals surface area contributed by atoms with Crippen LogP contribution in [0.4, 0.5) is 11.4 Å². The number of rotatable bonds is 3. The van der Waals surface area contributed by atoms with Gasteiger partial charge in [-0.25, -0.2) is 13.6 Å². The maximum atomic E-state index is 11.8. The highest BCUT2D eigenvalue weighted by Gasteiger charge is 2.32. The molecule has 1 atom stereocenters. The second-order valence-electron chi connectivity index (χ2n) is 4.50. The summed E-state index contributed by atoms with van der Waals surface area (Å²) in [4.78, 5) is 13.4. The third-order valence-corrected chi connectivity index (χ3v) is 3.79. The van der Waals surface area contributed by atoms with Gasteiger partial charge >= 0.3 is 0 Å². The summed E-state index contributed by atoms with van der Waals surface area (Å²) in [6.45, 7) is 0.360. The Morgan fingerprint density at radius 2 is 2.11 bits per heavy atom. The molecule has 2 rings (SSSR count). The number of hydrogen-bond donors (Lipinski definition) is 2. The largest absolute Gasteiger partial charge is 0.399 e. The zero-order valence-electron chi connectivity index (χ0n) is 9.74. The Morgan fingerprint density at radius 1 is 1.39 bits per heavy atom. The minimum atomic E-state index is -3.55. The highest BCUT2D eigenvalue weighted by Crippen LogP contribution is 2.26. The number of nitrogen functional groups attached to an aromatic ring is 1. The topological polar surface area (TPSA) is 106 Å². The number of primary sulfonamides is 1. The molecule has 1 aliphatic rings. The molecular weight excluding hydrogens is 254 g/mol.